The third kappa shape index (κ3) is 3.25. The molecule has 1 N–H and O–H groups in total. The monoisotopic (exact) mass is 300 g/mol. The molecule has 0 spiro atoms. The Bertz CT molecular complexity index is 413. The van der Waals surface area contributed by atoms with Crippen molar-refractivity contribution < 1.29 is 9.18 Å². The molecule has 2 rings (SSSR count). The van der Waals surface area contributed by atoms with Crippen molar-refractivity contribution >= 4 is 21.8 Å². The normalized spacial score (nSPS) is 24.4. The molecule has 1 aliphatic rings. The maximum Gasteiger partial charge on any atom is 0.253 e. The van der Waals surface area contributed by atoms with Gasteiger partial charge >= 0.3 is 0 Å². The molecule has 1 aliphatic carbocycles. The van der Waals surface area contributed by atoms with E-state index in [1.165, 1.54) is 18.7 Å². The maximum atomic E-state index is 12.9. The zero-order valence-electron chi connectivity index (χ0n) is 9.33. The second-order valence-electron chi connectivity index (χ2n) is 4.27. The number of carbonyl (C=O) groups excluding carboxylic acids is 1. The Balaban J connectivity index is 2.01. The highest BCUT2D eigenvalue weighted by atomic mass is 79.9. The summed E-state index contributed by atoms with van der Waals surface area (Å²) in [5.74, 6) is -0.745. The standard InChI is InChI=1S/C12H14BrFN2O/c13-10-3-1-2-4-11(10)16-12(17)8-5-9(14)7-15-6-8/h5-7,10-11H,1-4H2,(H,16,17). The van der Waals surface area contributed by atoms with E-state index in [4.69, 9.17) is 0 Å². The van der Waals surface area contributed by atoms with E-state index in [1.54, 1.807) is 0 Å². The minimum absolute atomic E-state index is 0.125. The largest absolute Gasteiger partial charge is 0.348 e. The predicted octanol–water partition coefficient (Wildman–Crippen LogP) is 2.66. The second-order valence-corrected chi connectivity index (χ2v) is 5.45. The summed E-state index contributed by atoms with van der Waals surface area (Å²) in [4.78, 5) is 15.8. The van der Waals surface area contributed by atoms with Gasteiger partial charge in [0.2, 0.25) is 0 Å². The smallest absolute Gasteiger partial charge is 0.253 e. The van der Waals surface area contributed by atoms with Gasteiger partial charge in [0, 0.05) is 17.1 Å². The summed E-state index contributed by atoms with van der Waals surface area (Å²) in [6.07, 6.45) is 6.80. The van der Waals surface area contributed by atoms with E-state index in [1.807, 2.05) is 0 Å². The number of hydrogen-bond acceptors (Lipinski definition) is 2. The summed E-state index contributed by atoms with van der Waals surface area (Å²) >= 11 is 3.57. The third-order valence-corrected chi connectivity index (χ3v) is 4.06. The number of nitrogens with one attached hydrogen (secondary N) is 1. The van der Waals surface area contributed by atoms with Crippen LogP contribution in [0.15, 0.2) is 18.5 Å². The fraction of sp³-hybridized carbons (Fsp3) is 0.500. The molecule has 0 aromatic carbocycles. The first-order chi connectivity index (χ1) is 8.16. The van der Waals surface area contributed by atoms with Crippen LogP contribution in [0.25, 0.3) is 0 Å². The summed E-state index contributed by atoms with van der Waals surface area (Å²) in [5, 5.41) is 2.92. The van der Waals surface area contributed by atoms with Gasteiger partial charge in [-0.1, -0.05) is 28.8 Å². The van der Waals surface area contributed by atoms with Crippen LogP contribution >= 0.6 is 15.9 Å². The Morgan fingerprint density at radius 1 is 1.41 bits per heavy atom. The lowest BCUT2D eigenvalue weighted by Crippen LogP contribution is -2.42. The molecule has 1 aromatic heterocycles. The van der Waals surface area contributed by atoms with Crippen LogP contribution < -0.4 is 5.32 Å². The van der Waals surface area contributed by atoms with E-state index in [-0.39, 0.29) is 17.5 Å². The molecule has 0 radical (unpaired) electrons. The van der Waals surface area contributed by atoms with Gasteiger partial charge in [-0.25, -0.2) is 4.39 Å². The topological polar surface area (TPSA) is 42.0 Å². The van der Waals surface area contributed by atoms with Crippen molar-refractivity contribution in [2.24, 2.45) is 0 Å². The summed E-state index contributed by atoms with van der Waals surface area (Å²) in [6, 6.07) is 1.33. The van der Waals surface area contributed by atoms with Gasteiger partial charge < -0.3 is 5.32 Å². The first kappa shape index (κ1) is 12.5. The third-order valence-electron chi connectivity index (χ3n) is 2.97. The van der Waals surface area contributed by atoms with E-state index in [9.17, 15) is 9.18 Å². The number of amides is 1. The highest BCUT2D eigenvalue weighted by Gasteiger charge is 2.24. The number of halogens is 2. The van der Waals surface area contributed by atoms with Gasteiger partial charge in [0.1, 0.15) is 5.82 Å². The molecule has 2 unspecified atom stereocenters. The molecule has 1 aromatic rings. The van der Waals surface area contributed by atoms with Crippen molar-refractivity contribution in [2.45, 2.75) is 36.6 Å². The lowest BCUT2D eigenvalue weighted by atomic mass is 9.95. The number of nitrogens with zero attached hydrogens (tertiary/aromatic N) is 1. The van der Waals surface area contributed by atoms with E-state index in [2.05, 4.69) is 26.2 Å². The molecule has 1 saturated carbocycles. The Morgan fingerprint density at radius 3 is 2.88 bits per heavy atom. The summed E-state index contributed by atoms with van der Waals surface area (Å²) in [7, 11) is 0. The van der Waals surface area contributed by atoms with E-state index < -0.39 is 5.82 Å². The van der Waals surface area contributed by atoms with Crippen LogP contribution in [-0.2, 0) is 0 Å². The Morgan fingerprint density at radius 2 is 2.18 bits per heavy atom. The Hall–Kier alpha value is -0.970. The lowest BCUT2D eigenvalue weighted by Gasteiger charge is -2.28. The average Bonchev–Trinajstić information content (AvgIpc) is 2.32. The fourth-order valence-electron chi connectivity index (χ4n) is 2.04. The summed E-state index contributed by atoms with van der Waals surface area (Å²) < 4.78 is 12.9. The zero-order chi connectivity index (χ0) is 12.3. The maximum absolute atomic E-state index is 12.9. The van der Waals surface area contributed by atoms with Crippen LogP contribution in [0.5, 0.6) is 0 Å². The molecule has 0 bridgehead atoms. The molecule has 2 atom stereocenters. The van der Waals surface area contributed by atoms with Crippen molar-refractivity contribution in [3.8, 4) is 0 Å². The second kappa shape index (κ2) is 5.58. The molecule has 1 heterocycles. The number of pyridine rings is 1. The molecular weight excluding hydrogens is 287 g/mol. The quantitative estimate of drug-likeness (QED) is 0.853. The van der Waals surface area contributed by atoms with Crippen LogP contribution in [0.2, 0.25) is 0 Å². The summed E-state index contributed by atoms with van der Waals surface area (Å²) in [6.45, 7) is 0. The minimum Gasteiger partial charge on any atom is -0.348 e. The SMILES string of the molecule is O=C(NC1CCCCC1Br)c1cncc(F)c1. The molecule has 3 nitrogen and oxygen atoms in total. The number of aromatic nitrogens is 1. The van der Waals surface area contributed by atoms with Crippen LogP contribution in [-0.4, -0.2) is 21.8 Å². The van der Waals surface area contributed by atoms with Gasteiger partial charge in [0.15, 0.2) is 0 Å². The van der Waals surface area contributed by atoms with E-state index in [0.717, 1.165) is 25.5 Å². The van der Waals surface area contributed by atoms with Gasteiger partial charge in [-0.15, -0.1) is 0 Å². The van der Waals surface area contributed by atoms with E-state index >= 15 is 0 Å². The predicted molar refractivity (Wildman–Crippen MR) is 66.6 cm³/mol. The van der Waals surface area contributed by atoms with Crippen LogP contribution in [0.4, 0.5) is 4.39 Å². The molecule has 1 amide bonds. The van der Waals surface area contributed by atoms with Crippen molar-refractivity contribution in [2.75, 3.05) is 0 Å². The molecular formula is C12H14BrFN2O. The number of alkyl halides is 1. The first-order valence-corrected chi connectivity index (χ1v) is 6.64. The molecule has 0 aliphatic heterocycles. The Kier molecular flexibility index (Phi) is 4.10. The van der Waals surface area contributed by atoms with Crippen LogP contribution in [0, 0.1) is 5.82 Å². The molecule has 92 valence electrons. The van der Waals surface area contributed by atoms with Crippen molar-refractivity contribution in [3.05, 3.63) is 29.8 Å². The number of hydrogen-bond donors (Lipinski definition) is 1. The minimum atomic E-state index is -0.489. The zero-order valence-corrected chi connectivity index (χ0v) is 10.9. The molecule has 1 fully saturated rings. The Labute approximate surface area is 108 Å². The molecule has 5 heteroatoms. The highest BCUT2D eigenvalue weighted by Crippen LogP contribution is 2.24. The van der Waals surface area contributed by atoms with Gasteiger partial charge in [-0.2, -0.15) is 0 Å². The average molecular weight is 301 g/mol. The molecule has 17 heavy (non-hydrogen) atoms. The fourth-order valence-corrected chi connectivity index (χ4v) is 2.76. The van der Waals surface area contributed by atoms with Crippen molar-refractivity contribution in [1.29, 1.82) is 0 Å². The van der Waals surface area contributed by atoms with Crippen molar-refractivity contribution in [3.63, 3.8) is 0 Å². The molecule has 0 saturated heterocycles. The lowest BCUT2D eigenvalue weighted by molar-refractivity contribution is 0.0929. The number of carbonyl (C=O) groups is 1. The number of rotatable bonds is 2. The van der Waals surface area contributed by atoms with Gasteiger partial charge in [-0.05, 0) is 18.9 Å². The summed E-state index contributed by atoms with van der Waals surface area (Å²) in [5.41, 5.74) is 0.273. The highest BCUT2D eigenvalue weighted by molar-refractivity contribution is 9.09. The van der Waals surface area contributed by atoms with Crippen LogP contribution in [0.3, 0.4) is 0 Å². The van der Waals surface area contributed by atoms with Gasteiger partial charge in [0.25, 0.3) is 5.91 Å². The van der Waals surface area contributed by atoms with Gasteiger partial charge in [-0.3, -0.25) is 9.78 Å². The van der Waals surface area contributed by atoms with Gasteiger partial charge in [0.05, 0.1) is 11.8 Å². The van der Waals surface area contributed by atoms with Crippen LogP contribution in [0.1, 0.15) is 36.0 Å². The van der Waals surface area contributed by atoms with Crippen molar-refractivity contribution in [1.82, 2.24) is 10.3 Å². The first-order valence-electron chi connectivity index (χ1n) is 5.72. The van der Waals surface area contributed by atoms with E-state index in [0.29, 0.717) is 4.83 Å².